The van der Waals surface area contributed by atoms with E-state index in [1.807, 2.05) is 12.1 Å². The molecule has 1 amide bonds. The third-order valence-corrected chi connectivity index (χ3v) is 4.94. The van der Waals surface area contributed by atoms with Crippen LogP contribution in [0, 0.1) is 5.92 Å². The number of carbonyl (C=O) groups is 1. The SMILES string of the molecule is Cl.NCC(NC(=O)CCc1cccc(OC2CCCC2)c1)C1CC1. The third kappa shape index (κ3) is 5.67. The minimum atomic E-state index is 0. The molecule has 5 heteroatoms. The van der Waals surface area contributed by atoms with E-state index >= 15 is 0 Å². The van der Waals surface area contributed by atoms with Crippen molar-refractivity contribution in [2.45, 2.75) is 63.5 Å². The largest absolute Gasteiger partial charge is 0.490 e. The van der Waals surface area contributed by atoms with Crippen LogP contribution in [0.1, 0.15) is 50.5 Å². The molecular weight excluding hydrogens is 324 g/mol. The zero-order valence-corrected chi connectivity index (χ0v) is 15.0. The average Bonchev–Trinajstić information content (AvgIpc) is 3.28. The van der Waals surface area contributed by atoms with Crippen molar-refractivity contribution < 1.29 is 9.53 Å². The number of benzene rings is 1. The van der Waals surface area contributed by atoms with E-state index in [9.17, 15) is 4.79 Å². The molecule has 0 heterocycles. The molecule has 1 unspecified atom stereocenters. The summed E-state index contributed by atoms with van der Waals surface area (Å²) in [6, 6.07) is 8.34. The molecule has 2 fully saturated rings. The van der Waals surface area contributed by atoms with E-state index in [0.29, 0.717) is 25.0 Å². The van der Waals surface area contributed by atoms with Crippen LogP contribution >= 0.6 is 12.4 Å². The van der Waals surface area contributed by atoms with Gasteiger partial charge in [0.15, 0.2) is 0 Å². The smallest absolute Gasteiger partial charge is 0.220 e. The maximum absolute atomic E-state index is 12.1. The van der Waals surface area contributed by atoms with Crippen LogP contribution in [0.4, 0.5) is 0 Å². The first-order valence-electron chi connectivity index (χ1n) is 8.99. The summed E-state index contributed by atoms with van der Waals surface area (Å²) >= 11 is 0. The average molecular weight is 353 g/mol. The first-order valence-corrected chi connectivity index (χ1v) is 8.99. The van der Waals surface area contributed by atoms with Crippen LogP contribution in [0.2, 0.25) is 0 Å². The number of carbonyl (C=O) groups excluding carboxylic acids is 1. The Hall–Kier alpha value is -1.26. The van der Waals surface area contributed by atoms with Gasteiger partial charge in [0.2, 0.25) is 5.91 Å². The minimum absolute atomic E-state index is 0. The van der Waals surface area contributed by atoms with Gasteiger partial charge in [0.1, 0.15) is 5.75 Å². The Morgan fingerprint density at radius 1 is 1.25 bits per heavy atom. The van der Waals surface area contributed by atoms with Crippen molar-refractivity contribution in [3.05, 3.63) is 29.8 Å². The Morgan fingerprint density at radius 2 is 2.00 bits per heavy atom. The number of nitrogens with one attached hydrogen (secondary N) is 1. The van der Waals surface area contributed by atoms with Crippen LogP contribution < -0.4 is 15.8 Å². The molecule has 1 aromatic rings. The van der Waals surface area contributed by atoms with E-state index in [2.05, 4.69) is 17.4 Å². The van der Waals surface area contributed by atoms with Gasteiger partial charge in [-0.05, 0) is 68.6 Å². The molecule has 0 radical (unpaired) electrons. The molecule has 3 rings (SSSR count). The lowest BCUT2D eigenvalue weighted by Crippen LogP contribution is -2.41. The number of nitrogens with two attached hydrogens (primary N) is 1. The monoisotopic (exact) mass is 352 g/mol. The quantitative estimate of drug-likeness (QED) is 0.755. The predicted molar refractivity (Wildman–Crippen MR) is 98.6 cm³/mol. The summed E-state index contributed by atoms with van der Waals surface area (Å²) in [5.74, 6) is 1.65. The Kier molecular flexibility index (Phi) is 7.38. The van der Waals surface area contributed by atoms with Gasteiger partial charge < -0.3 is 15.8 Å². The summed E-state index contributed by atoms with van der Waals surface area (Å²) in [5, 5.41) is 3.08. The van der Waals surface area contributed by atoms with Gasteiger partial charge in [0, 0.05) is 19.0 Å². The normalized spacial score (nSPS) is 18.7. The minimum Gasteiger partial charge on any atom is -0.490 e. The lowest BCUT2D eigenvalue weighted by molar-refractivity contribution is -0.121. The summed E-state index contributed by atoms with van der Waals surface area (Å²) in [4.78, 5) is 12.1. The molecule has 0 saturated heterocycles. The van der Waals surface area contributed by atoms with Crippen LogP contribution in [-0.4, -0.2) is 24.6 Å². The number of halogens is 1. The fourth-order valence-electron chi connectivity index (χ4n) is 3.38. The Morgan fingerprint density at radius 3 is 2.67 bits per heavy atom. The van der Waals surface area contributed by atoms with Crippen molar-refractivity contribution in [3.63, 3.8) is 0 Å². The highest BCUT2D eigenvalue weighted by molar-refractivity contribution is 5.85. The van der Waals surface area contributed by atoms with Gasteiger partial charge in [-0.2, -0.15) is 0 Å². The van der Waals surface area contributed by atoms with Crippen LogP contribution in [0.3, 0.4) is 0 Å². The van der Waals surface area contributed by atoms with Crippen molar-refractivity contribution in [1.29, 1.82) is 0 Å². The molecule has 1 atom stereocenters. The van der Waals surface area contributed by atoms with Crippen molar-refractivity contribution in [2.75, 3.05) is 6.54 Å². The van der Waals surface area contributed by atoms with E-state index in [-0.39, 0.29) is 24.4 Å². The summed E-state index contributed by atoms with van der Waals surface area (Å²) in [6.07, 6.45) is 8.89. The fraction of sp³-hybridized carbons (Fsp3) is 0.632. The molecule has 0 aromatic heterocycles. The molecule has 0 spiro atoms. The fourth-order valence-corrected chi connectivity index (χ4v) is 3.38. The number of ether oxygens (including phenoxy) is 1. The van der Waals surface area contributed by atoms with E-state index < -0.39 is 0 Å². The van der Waals surface area contributed by atoms with Crippen molar-refractivity contribution >= 4 is 18.3 Å². The van der Waals surface area contributed by atoms with Gasteiger partial charge in [-0.15, -0.1) is 12.4 Å². The molecule has 3 N–H and O–H groups in total. The van der Waals surface area contributed by atoms with E-state index in [4.69, 9.17) is 10.5 Å². The van der Waals surface area contributed by atoms with Crippen molar-refractivity contribution in [2.24, 2.45) is 11.7 Å². The summed E-state index contributed by atoms with van der Waals surface area (Å²) in [7, 11) is 0. The van der Waals surface area contributed by atoms with Crippen LogP contribution in [0.25, 0.3) is 0 Å². The molecule has 1 aromatic carbocycles. The summed E-state index contributed by atoms with van der Waals surface area (Å²) < 4.78 is 6.03. The third-order valence-electron chi connectivity index (χ3n) is 4.94. The second-order valence-electron chi connectivity index (χ2n) is 6.92. The first kappa shape index (κ1) is 19.1. The van der Waals surface area contributed by atoms with Crippen molar-refractivity contribution in [3.8, 4) is 5.75 Å². The van der Waals surface area contributed by atoms with Gasteiger partial charge in [-0.25, -0.2) is 0 Å². The van der Waals surface area contributed by atoms with Gasteiger partial charge in [-0.3, -0.25) is 4.79 Å². The van der Waals surface area contributed by atoms with Crippen LogP contribution in [0.5, 0.6) is 5.75 Å². The topological polar surface area (TPSA) is 64.3 Å². The van der Waals surface area contributed by atoms with Gasteiger partial charge in [0.05, 0.1) is 6.10 Å². The molecule has 2 aliphatic carbocycles. The molecule has 24 heavy (non-hydrogen) atoms. The number of amides is 1. The Labute approximate surface area is 150 Å². The highest BCUT2D eigenvalue weighted by Gasteiger charge is 2.31. The molecule has 2 saturated carbocycles. The molecular formula is C19H29ClN2O2. The maximum Gasteiger partial charge on any atom is 0.220 e. The van der Waals surface area contributed by atoms with E-state index in [1.165, 1.54) is 25.7 Å². The molecule has 134 valence electrons. The zero-order valence-electron chi connectivity index (χ0n) is 14.2. The number of hydrogen-bond donors (Lipinski definition) is 2. The summed E-state index contributed by atoms with van der Waals surface area (Å²) in [5.41, 5.74) is 6.89. The van der Waals surface area contributed by atoms with Crippen molar-refractivity contribution in [1.82, 2.24) is 5.32 Å². The van der Waals surface area contributed by atoms with Gasteiger partial charge in [0.25, 0.3) is 0 Å². The standard InChI is InChI=1S/C19H28N2O2.ClH/c20-13-18(15-9-10-15)21-19(22)11-8-14-4-3-7-17(12-14)23-16-5-1-2-6-16;/h3-4,7,12,15-16,18H,1-2,5-6,8-11,13,20H2,(H,21,22);1H. The summed E-state index contributed by atoms with van der Waals surface area (Å²) in [6.45, 7) is 0.543. The lowest BCUT2D eigenvalue weighted by atomic mass is 10.1. The van der Waals surface area contributed by atoms with E-state index in [1.54, 1.807) is 0 Å². The second-order valence-corrected chi connectivity index (χ2v) is 6.92. The zero-order chi connectivity index (χ0) is 16.1. The van der Waals surface area contributed by atoms with Gasteiger partial charge in [-0.1, -0.05) is 12.1 Å². The first-order chi connectivity index (χ1) is 11.2. The number of rotatable bonds is 8. The number of hydrogen-bond acceptors (Lipinski definition) is 3. The Bertz CT molecular complexity index is 528. The molecule has 0 bridgehead atoms. The predicted octanol–water partition coefficient (Wildman–Crippen LogP) is 3.22. The molecule has 2 aliphatic rings. The van der Waals surface area contributed by atoms with Crippen LogP contribution in [-0.2, 0) is 11.2 Å². The highest BCUT2D eigenvalue weighted by atomic mass is 35.5. The van der Waals surface area contributed by atoms with Crippen LogP contribution in [0.15, 0.2) is 24.3 Å². The Balaban J connectivity index is 0.00000208. The van der Waals surface area contributed by atoms with Gasteiger partial charge >= 0.3 is 0 Å². The number of aryl methyl sites for hydroxylation is 1. The maximum atomic E-state index is 12.1. The van der Waals surface area contributed by atoms with E-state index in [0.717, 1.165) is 30.6 Å². The highest BCUT2D eigenvalue weighted by Crippen LogP contribution is 2.32. The lowest BCUT2D eigenvalue weighted by Gasteiger charge is -2.16. The second kappa shape index (κ2) is 9.28. The molecule has 0 aliphatic heterocycles. The molecule has 4 nitrogen and oxygen atoms in total.